The van der Waals surface area contributed by atoms with E-state index >= 15 is 0 Å². The summed E-state index contributed by atoms with van der Waals surface area (Å²) in [4.78, 5) is 23.9. The highest BCUT2D eigenvalue weighted by atomic mass is 16.5. The van der Waals surface area contributed by atoms with E-state index in [0.29, 0.717) is 11.6 Å². The number of carbonyl (C=O) groups is 2. The van der Waals surface area contributed by atoms with Crippen LogP contribution in [0.15, 0.2) is 48.5 Å². The van der Waals surface area contributed by atoms with E-state index in [1.807, 2.05) is 12.1 Å². The van der Waals surface area contributed by atoms with Crippen LogP contribution in [0.25, 0.3) is 11.1 Å². The normalized spacial score (nSPS) is 17.7. The van der Waals surface area contributed by atoms with E-state index in [9.17, 15) is 14.7 Å². The van der Waals surface area contributed by atoms with Crippen molar-refractivity contribution in [1.82, 2.24) is 21.4 Å². The van der Waals surface area contributed by atoms with Gasteiger partial charge in [0.15, 0.2) is 0 Å². The fourth-order valence-corrected chi connectivity index (χ4v) is 3.65. The third-order valence-electron chi connectivity index (χ3n) is 5.48. The van der Waals surface area contributed by atoms with E-state index in [1.54, 1.807) is 12.1 Å². The monoisotopic (exact) mass is 426 g/mol. The Balaban J connectivity index is 1.56. The second-order valence-electron chi connectivity index (χ2n) is 7.87. The van der Waals surface area contributed by atoms with Crippen LogP contribution in [0.5, 0.6) is 0 Å². The molecule has 0 spiro atoms. The number of carbonyl (C=O) groups excluding carboxylic acids is 2. The summed E-state index contributed by atoms with van der Waals surface area (Å²) < 4.78 is 0. The van der Waals surface area contributed by atoms with Crippen LogP contribution in [-0.4, -0.2) is 53.4 Å². The molecule has 166 valence electrons. The molecule has 1 aliphatic heterocycles. The van der Waals surface area contributed by atoms with E-state index in [1.165, 1.54) is 30.8 Å². The van der Waals surface area contributed by atoms with Crippen molar-refractivity contribution in [3.05, 3.63) is 59.7 Å². The first-order chi connectivity index (χ1) is 15.0. The van der Waals surface area contributed by atoms with Crippen LogP contribution >= 0.6 is 0 Å². The molecular weight excluding hydrogens is 396 g/mol. The summed E-state index contributed by atoms with van der Waals surface area (Å²) in [6.07, 6.45) is 1.33. The summed E-state index contributed by atoms with van der Waals surface area (Å²) >= 11 is 0. The van der Waals surface area contributed by atoms with Crippen LogP contribution in [0.2, 0.25) is 0 Å². The number of aliphatic hydroxyl groups is 1. The van der Waals surface area contributed by atoms with Crippen molar-refractivity contribution in [1.29, 1.82) is 0 Å². The van der Waals surface area contributed by atoms with Crippen molar-refractivity contribution < 1.29 is 19.9 Å². The highest BCUT2D eigenvalue weighted by Crippen LogP contribution is 2.20. The molecule has 8 heteroatoms. The van der Waals surface area contributed by atoms with Gasteiger partial charge in [-0.15, -0.1) is 0 Å². The van der Waals surface area contributed by atoms with Crippen molar-refractivity contribution in [3.8, 4) is 11.1 Å². The Kier molecular flexibility index (Phi) is 8.13. The third kappa shape index (κ3) is 6.35. The maximum atomic E-state index is 12.4. The summed E-state index contributed by atoms with van der Waals surface area (Å²) in [6, 6.07) is 14.6. The molecule has 1 aliphatic rings. The maximum absolute atomic E-state index is 12.4. The van der Waals surface area contributed by atoms with Gasteiger partial charge >= 0.3 is 0 Å². The lowest BCUT2D eigenvalue weighted by molar-refractivity contribution is -0.133. The zero-order valence-corrected chi connectivity index (χ0v) is 17.6. The number of rotatable bonds is 9. The number of hydrogen-bond acceptors (Lipinski definition) is 6. The number of benzene rings is 2. The Labute approximate surface area is 182 Å². The van der Waals surface area contributed by atoms with Gasteiger partial charge in [0.2, 0.25) is 0 Å². The minimum atomic E-state index is -1.25. The topological polar surface area (TPSA) is 123 Å². The molecule has 31 heavy (non-hydrogen) atoms. The summed E-state index contributed by atoms with van der Waals surface area (Å²) in [5, 5.41) is 27.8. The molecule has 2 aromatic carbocycles. The minimum absolute atomic E-state index is 0.349. The first-order valence-corrected chi connectivity index (χ1v) is 10.5. The van der Waals surface area contributed by atoms with Crippen molar-refractivity contribution in [2.75, 3.05) is 13.1 Å². The van der Waals surface area contributed by atoms with Crippen molar-refractivity contribution in [2.24, 2.45) is 0 Å². The molecule has 0 unspecified atom stereocenters. The van der Waals surface area contributed by atoms with Crippen LogP contribution in [0.3, 0.4) is 0 Å². The number of nitrogens with one attached hydrogen (secondary N) is 4. The molecule has 0 radical (unpaired) electrons. The highest BCUT2D eigenvalue weighted by molar-refractivity contribution is 5.97. The molecule has 1 saturated heterocycles. The molecule has 3 rings (SSSR count). The quantitative estimate of drug-likeness (QED) is 0.264. The Morgan fingerprint density at radius 2 is 1.74 bits per heavy atom. The van der Waals surface area contributed by atoms with Gasteiger partial charge in [0.25, 0.3) is 11.8 Å². The second-order valence-corrected chi connectivity index (χ2v) is 7.87. The van der Waals surface area contributed by atoms with E-state index in [0.717, 1.165) is 30.8 Å². The first-order valence-electron chi connectivity index (χ1n) is 10.5. The largest absolute Gasteiger partial charge is 0.391 e. The molecule has 6 N–H and O–H groups in total. The number of amides is 2. The zero-order chi connectivity index (χ0) is 22.2. The van der Waals surface area contributed by atoms with Gasteiger partial charge in [0.05, 0.1) is 6.10 Å². The standard InChI is InChI=1S/C23H30N4O4/c1-15(28)21(23(30)27-31)26-22(29)19-10-8-18(9-11-19)17-6-4-16(5-7-17)13-24-14-20-3-2-12-25-20/h4-11,15,20-21,24-25,28,31H,2-3,12-14H2,1H3,(H,26,29)(H,27,30)/t15-,20-,21+/m1/s1. The molecule has 0 aromatic heterocycles. The Hall–Kier alpha value is -2.78. The number of aliphatic hydroxyl groups excluding tert-OH is 1. The average molecular weight is 427 g/mol. The van der Waals surface area contributed by atoms with Gasteiger partial charge in [-0.05, 0) is 55.1 Å². The number of hydrogen-bond donors (Lipinski definition) is 6. The third-order valence-corrected chi connectivity index (χ3v) is 5.48. The van der Waals surface area contributed by atoms with Gasteiger partial charge in [-0.2, -0.15) is 0 Å². The molecule has 0 aliphatic carbocycles. The molecule has 1 fully saturated rings. The smallest absolute Gasteiger partial charge is 0.268 e. The van der Waals surface area contributed by atoms with Crippen molar-refractivity contribution in [3.63, 3.8) is 0 Å². The molecule has 8 nitrogen and oxygen atoms in total. The predicted molar refractivity (Wildman–Crippen MR) is 117 cm³/mol. The van der Waals surface area contributed by atoms with E-state index < -0.39 is 24.0 Å². The van der Waals surface area contributed by atoms with E-state index in [2.05, 4.69) is 40.2 Å². The molecular formula is C23H30N4O4. The predicted octanol–water partition coefficient (Wildman–Crippen LogP) is 1.18. The van der Waals surface area contributed by atoms with Crippen molar-refractivity contribution in [2.45, 2.75) is 44.5 Å². The zero-order valence-electron chi connectivity index (χ0n) is 17.6. The van der Waals surface area contributed by atoms with Gasteiger partial charge in [0, 0.05) is 24.7 Å². The van der Waals surface area contributed by atoms with Crippen LogP contribution in [0, 0.1) is 0 Å². The van der Waals surface area contributed by atoms with Gasteiger partial charge in [-0.25, -0.2) is 5.48 Å². The van der Waals surface area contributed by atoms with Crippen molar-refractivity contribution >= 4 is 11.8 Å². The Bertz CT molecular complexity index is 862. The lowest BCUT2D eigenvalue weighted by Gasteiger charge is -2.19. The average Bonchev–Trinajstić information content (AvgIpc) is 3.31. The highest BCUT2D eigenvalue weighted by Gasteiger charge is 2.25. The summed E-state index contributed by atoms with van der Waals surface area (Å²) in [7, 11) is 0. The van der Waals surface area contributed by atoms with E-state index in [4.69, 9.17) is 5.21 Å². The van der Waals surface area contributed by atoms with Gasteiger partial charge in [-0.1, -0.05) is 36.4 Å². The summed E-state index contributed by atoms with van der Waals surface area (Å²) in [5.41, 5.74) is 5.01. The summed E-state index contributed by atoms with van der Waals surface area (Å²) in [6.45, 7) is 4.26. The van der Waals surface area contributed by atoms with Gasteiger partial charge < -0.3 is 21.1 Å². The molecule has 0 saturated carbocycles. The molecule has 2 aromatic rings. The second kappa shape index (κ2) is 11.0. The van der Waals surface area contributed by atoms with Crippen LogP contribution in [0.4, 0.5) is 0 Å². The fourth-order valence-electron chi connectivity index (χ4n) is 3.65. The lowest BCUT2D eigenvalue weighted by Crippen LogP contribution is -2.51. The maximum Gasteiger partial charge on any atom is 0.268 e. The van der Waals surface area contributed by atoms with Gasteiger partial charge in [0.1, 0.15) is 6.04 Å². The molecule has 1 heterocycles. The van der Waals surface area contributed by atoms with Crippen LogP contribution in [0.1, 0.15) is 35.7 Å². The van der Waals surface area contributed by atoms with Crippen LogP contribution in [-0.2, 0) is 11.3 Å². The Morgan fingerprint density at radius 3 is 2.29 bits per heavy atom. The minimum Gasteiger partial charge on any atom is -0.391 e. The lowest BCUT2D eigenvalue weighted by atomic mass is 10.0. The molecule has 2 amide bonds. The first kappa shape index (κ1) is 22.9. The van der Waals surface area contributed by atoms with Crippen LogP contribution < -0.4 is 21.4 Å². The van der Waals surface area contributed by atoms with Gasteiger partial charge in [-0.3, -0.25) is 14.8 Å². The fraction of sp³-hybridized carbons (Fsp3) is 0.391. The van der Waals surface area contributed by atoms with E-state index in [-0.39, 0.29) is 0 Å². The molecule has 3 atom stereocenters. The number of hydroxylamine groups is 1. The SMILES string of the molecule is C[C@@H](O)[C@H](NC(=O)c1ccc(-c2ccc(CNC[C@H]3CCCN3)cc2)cc1)C(=O)NO. The Morgan fingerprint density at radius 1 is 1.10 bits per heavy atom. The summed E-state index contributed by atoms with van der Waals surface area (Å²) in [5.74, 6) is -1.40. The molecule has 0 bridgehead atoms.